The van der Waals surface area contributed by atoms with E-state index in [-0.39, 0.29) is 0 Å². The maximum Gasteiger partial charge on any atom is 0.115 e. The van der Waals surface area contributed by atoms with Crippen LogP contribution in [-0.4, -0.2) is 71.2 Å². The van der Waals surface area contributed by atoms with Crippen molar-refractivity contribution in [1.82, 2.24) is 9.88 Å². The highest BCUT2D eigenvalue weighted by Gasteiger charge is 2.29. The van der Waals surface area contributed by atoms with Crippen molar-refractivity contribution in [2.24, 2.45) is 15.7 Å². The third kappa shape index (κ3) is 10.1. The van der Waals surface area contributed by atoms with E-state index in [0.717, 1.165) is 75.7 Å². The topological polar surface area (TPSA) is 108 Å². The summed E-state index contributed by atoms with van der Waals surface area (Å²) in [7, 11) is 1.50. The zero-order valence-electron chi connectivity index (χ0n) is 26.8. The van der Waals surface area contributed by atoms with E-state index in [9.17, 15) is 10.2 Å². The lowest BCUT2D eigenvalue weighted by Gasteiger charge is -2.32. The Labute approximate surface area is 282 Å². The minimum atomic E-state index is -0.660. The van der Waals surface area contributed by atoms with Crippen LogP contribution in [0.3, 0.4) is 0 Å². The Morgan fingerprint density at radius 3 is 2.57 bits per heavy atom. The van der Waals surface area contributed by atoms with E-state index < -0.39 is 11.7 Å². The number of nitrogens with one attached hydrogen (secondary N) is 1. The van der Waals surface area contributed by atoms with Crippen LogP contribution in [0.4, 0.5) is 5.69 Å². The number of aliphatic hydroxyl groups excluding tert-OH is 1. The highest BCUT2D eigenvalue weighted by atomic mass is 35.5. The summed E-state index contributed by atoms with van der Waals surface area (Å²) < 4.78 is 2.00. The molecule has 5 rings (SSSR count). The molecule has 1 fully saturated rings. The van der Waals surface area contributed by atoms with Gasteiger partial charge in [0.1, 0.15) is 6.34 Å². The van der Waals surface area contributed by atoms with Gasteiger partial charge in [-0.3, -0.25) is 4.99 Å². The Morgan fingerprint density at radius 1 is 1.04 bits per heavy atom. The predicted molar refractivity (Wildman–Crippen MR) is 197 cm³/mol. The first kappa shape index (κ1) is 35.6. The standard InChI is InChI=1S/C36H41ClN4O2S.CH5N/c1-26-4-3-5-27(18-26)6-7-28-8-9-30(20-34(28)37)33-19-29(10-11-35(33)40-25-38-2)31-12-15-41(22-31)23-32(42)21-39-24-36(43)13-16-44-17-14-36;1-2/h3-5,8-12,15,18-20,22,25,32,39,42-43H,2,6-7,13-14,16-17,21,23-24H2,1H3;2H2,1H3. The van der Waals surface area contributed by atoms with Crippen LogP contribution >= 0.6 is 23.4 Å². The molecular formula is C37H46ClN5O2S. The van der Waals surface area contributed by atoms with Gasteiger partial charge in [-0.1, -0.05) is 59.6 Å². The van der Waals surface area contributed by atoms with Crippen molar-refractivity contribution in [3.63, 3.8) is 0 Å². The SMILES string of the molecule is C=NC=Nc1ccc(-c2ccn(CC(O)CNCC3(O)CCSCC3)c2)cc1-c1ccc(CCc2cccc(C)c2)c(Cl)c1.CN. The summed E-state index contributed by atoms with van der Waals surface area (Å²) in [5, 5.41) is 25.4. The quantitative estimate of drug-likeness (QED) is 0.0942. The first-order chi connectivity index (χ1) is 22.3. The predicted octanol–water partition coefficient (Wildman–Crippen LogP) is 6.71. The Morgan fingerprint density at radius 2 is 1.83 bits per heavy atom. The largest absolute Gasteiger partial charge is 0.390 e. The molecule has 4 aromatic rings. The smallest absolute Gasteiger partial charge is 0.115 e. The van der Waals surface area contributed by atoms with E-state index >= 15 is 0 Å². The molecule has 0 saturated carbocycles. The molecule has 3 aromatic carbocycles. The molecule has 244 valence electrons. The van der Waals surface area contributed by atoms with Crippen molar-refractivity contribution in [1.29, 1.82) is 0 Å². The Balaban J connectivity index is 0.00000235. The number of thioether (sulfide) groups is 1. The van der Waals surface area contributed by atoms with E-state index in [1.807, 2.05) is 46.9 Å². The molecule has 2 heterocycles. The van der Waals surface area contributed by atoms with Gasteiger partial charge in [0.25, 0.3) is 0 Å². The fourth-order valence-electron chi connectivity index (χ4n) is 5.66. The number of aryl methyl sites for hydroxylation is 3. The van der Waals surface area contributed by atoms with Crippen molar-refractivity contribution in [2.45, 2.75) is 50.9 Å². The van der Waals surface area contributed by atoms with Crippen LogP contribution in [0.5, 0.6) is 0 Å². The van der Waals surface area contributed by atoms with E-state index in [1.165, 1.54) is 24.5 Å². The second-order valence-corrected chi connectivity index (χ2v) is 13.3. The lowest BCUT2D eigenvalue weighted by atomic mass is 9.96. The number of hydrogen-bond acceptors (Lipinski definition) is 6. The number of rotatable bonds is 13. The fraction of sp³-hybridized carbons (Fsp3) is 0.351. The van der Waals surface area contributed by atoms with Crippen molar-refractivity contribution >= 4 is 42.1 Å². The zero-order valence-corrected chi connectivity index (χ0v) is 28.4. The second-order valence-electron chi connectivity index (χ2n) is 11.7. The van der Waals surface area contributed by atoms with Crippen LogP contribution in [0, 0.1) is 6.92 Å². The summed E-state index contributed by atoms with van der Waals surface area (Å²) in [6.07, 6.45) is 8.30. The van der Waals surface area contributed by atoms with Gasteiger partial charge in [-0.25, -0.2) is 4.99 Å². The monoisotopic (exact) mass is 659 g/mol. The van der Waals surface area contributed by atoms with Crippen LogP contribution in [0.1, 0.15) is 29.5 Å². The Bertz CT molecular complexity index is 1600. The fourth-order valence-corrected chi connectivity index (χ4v) is 7.19. The molecular weight excluding hydrogens is 614 g/mol. The van der Waals surface area contributed by atoms with Crippen LogP contribution < -0.4 is 11.1 Å². The van der Waals surface area contributed by atoms with Crippen LogP contribution in [-0.2, 0) is 19.4 Å². The van der Waals surface area contributed by atoms with Gasteiger partial charge >= 0.3 is 0 Å². The molecule has 9 heteroatoms. The molecule has 0 radical (unpaired) electrons. The van der Waals surface area contributed by atoms with E-state index in [2.05, 4.69) is 83.2 Å². The van der Waals surface area contributed by atoms with Gasteiger partial charge in [0.05, 0.1) is 17.4 Å². The maximum atomic E-state index is 10.7. The molecule has 5 N–H and O–H groups in total. The summed E-state index contributed by atoms with van der Waals surface area (Å²) >= 11 is 8.70. The van der Waals surface area contributed by atoms with Crippen molar-refractivity contribution < 1.29 is 10.2 Å². The van der Waals surface area contributed by atoms with Gasteiger partial charge < -0.3 is 25.8 Å². The highest BCUT2D eigenvalue weighted by Crippen LogP contribution is 2.37. The summed E-state index contributed by atoms with van der Waals surface area (Å²) in [4.78, 5) is 8.33. The molecule has 0 aliphatic carbocycles. The molecule has 1 aromatic heterocycles. The minimum absolute atomic E-state index is 0.429. The molecule has 1 atom stereocenters. The zero-order chi connectivity index (χ0) is 32.9. The number of nitrogens with two attached hydrogens (primary N) is 1. The molecule has 7 nitrogen and oxygen atoms in total. The number of hydrogen-bond donors (Lipinski definition) is 4. The Kier molecular flexibility index (Phi) is 13.6. The van der Waals surface area contributed by atoms with Crippen molar-refractivity contribution in [3.05, 3.63) is 101 Å². The van der Waals surface area contributed by atoms with Gasteiger partial charge in [-0.05, 0) is 110 Å². The van der Waals surface area contributed by atoms with Crippen molar-refractivity contribution in [3.8, 4) is 22.3 Å². The van der Waals surface area contributed by atoms with Crippen LogP contribution in [0.25, 0.3) is 22.3 Å². The number of benzene rings is 3. The molecule has 0 spiro atoms. The number of nitrogens with zero attached hydrogens (tertiary/aromatic N) is 3. The first-order valence-electron chi connectivity index (χ1n) is 15.7. The molecule has 1 aliphatic rings. The summed E-state index contributed by atoms with van der Waals surface area (Å²) in [5.41, 5.74) is 12.3. The highest BCUT2D eigenvalue weighted by molar-refractivity contribution is 7.99. The molecule has 1 unspecified atom stereocenters. The first-order valence-corrected chi connectivity index (χ1v) is 17.2. The number of aliphatic hydroxyl groups is 2. The molecule has 1 aliphatic heterocycles. The second kappa shape index (κ2) is 17.6. The van der Waals surface area contributed by atoms with Crippen LogP contribution in [0.15, 0.2) is 89.1 Å². The lowest BCUT2D eigenvalue weighted by molar-refractivity contribution is 0.0285. The molecule has 1 saturated heterocycles. The van der Waals surface area contributed by atoms with E-state index in [4.69, 9.17) is 11.6 Å². The molecule has 46 heavy (non-hydrogen) atoms. The number of aliphatic imine (C=N–C) groups is 2. The summed E-state index contributed by atoms with van der Waals surface area (Å²) in [6.45, 7) is 7.05. The third-order valence-electron chi connectivity index (χ3n) is 8.17. The average Bonchev–Trinajstić information content (AvgIpc) is 3.52. The molecule has 0 bridgehead atoms. The van der Waals surface area contributed by atoms with Crippen molar-refractivity contribution in [2.75, 3.05) is 31.6 Å². The normalized spacial score (nSPS) is 14.9. The van der Waals surface area contributed by atoms with Gasteiger partial charge in [-0.15, -0.1) is 0 Å². The van der Waals surface area contributed by atoms with Gasteiger partial charge in [0, 0.05) is 42.6 Å². The third-order valence-corrected chi connectivity index (χ3v) is 9.50. The summed E-state index contributed by atoms with van der Waals surface area (Å²) in [6, 6.07) is 23.0. The number of aromatic nitrogens is 1. The Hall–Kier alpha value is -3.24. The van der Waals surface area contributed by atoms with Gasteiger partial charge in [-0.2, -0.15) is 11.8 Å². The number of halogens is 1. The van der Waals surface area contributed by atoms with E-state index in [0.29, 0.717) is 19.6 Å². The average molecular weight is 660 g/mol. The van der Waals surface area contributed by atoms with E-state index in [1.54, 1.807) is 0 Å². The van der Waals surface area contributed by atoms with Gasteiger partial charge in [0.15, 0.2) is 0 Å². The minimum Gasteiger partial charge on any atom is -0.390 e. The van der Waals surface area contributed by atoms with Crippen LogP contribution in [0.2, 0.25) is 5.02 Å². The molecule has 0 amide bonds. The lowest BCUT2D eigenvalue weighted by Crippen LogP contribution is -2.45. The maximum absolute atomic E-state index is 10.7. The summed E-state index contributed by atoms with van der Waals surface area (Å²) in [5.74, 6) is 1.97. The van der Waals surface area contributed by atoms with Gasteiger partial charge in [0.2, 0.25) is 0 Å².